The molecule has 0 unspecified atom stereocenters. The molecule has 0 saturated heterocycles. The fraction of sp³-hybridized carbons (Fsp3) is 0.370. The average molecular weight is 541 g/mol. The van der Waals surface area contributed by atoms with E-state index in [1.54, 1.807) is 13.1 Å². The molecule has 39 heavy (non-hydrogen) atoms. The van der Waals surface area contributed by atoms with Crippen LogP contribution in [0, 0.1) is 0 Å². The van der Waals surface area contributed by atoms with Crippen LogP contribution in [0.25, 0.3) is 22.8 Å². The van der Waals surface area contributed by atoms with Crippen molar-refractivity contribution in [3.8, 4) is 40.3 Å². The second-order valence-corrected chi connectivity index (χ2v) is 9.17. The molecule has 0 atom stereocenters. The van der Waals surface area contributed by atoms with Gasteiger partial charge in [-0.2, -0.15) is 18.2 Å². The molecule has 0 amide bonds. The molecule has 0 radical (unpaired) electrons. The first-order chi connectivity index (χ1) is 18.7. The molecule has 1 aliphatic rings. The van der Waals surface area contributed by atoms with E-state index in [4.69, 9.17) is 14.2 Å². The number of hydrogen-bond acceptors (Lipinski definition) is 8. The van der Waals surface area contributed by atoms with Gasteiger partial charge in [-0.05, 0) is 36.5 Å². The van der Waals surface area contributed by atoms with Gasteiger partial charge in [0.1, 0.15) is 24.3 Å². The van der Waals surface area contributed by atoms with Gasteiger partial charge in [-0.25, -0.2) is 19.9 Å². The number of imidazole rings is 1. The predicted octanol–water partition coefficient (Wildman–Crippen LogP) is 5.39. The fourth-order valence-corrected chi connectivity index (χ4v) is 4.38. The molecule has 1 aliphatic carbocycles. The van der Waals surface area contributed by atoms with Crippen molar-refractivity contribution < 1.29 is 27.4 Å². The molecular weight excluding hydrogens is 513 g/mol. The Kier molecular flexibility index (Phi) is 7.11. The van der Waals surface area contributed by atoms with Gasteiger partial charge in [0.15, 0.2) is 17.3 Å². The number of rotatable bonds is 9. The molecule has 9 nitrogen and oxygen atoms in total. The highest BCUT2D eigenvalue weighted by molar-refractivity contribution is 5.66. The van der Waals surface area contributed by atoms with Crippen molar-refractivity contribution >= 4 is 0 Å². The third-order valence-corrected chi connectivity index (χ3v) is 6.54. The van der Waals surface area contributed by atoms with E-state index in [-0.39, 0.29) is 18.3 Å². The number of alkyl halides is 3. The summed E-state index contributed by atoms with van der Waals surface area (Å²) < 4.78 is 57.8. The molecule has 4 aromatic rings. The highest BCUT2D eigenvalue weighted by Crippen LogP contribution is 2.45. The summed E-state index contributed by atoms with van der Waals surface area (Å²) in [5.74, 6) is 1.88. The van der Waals surface area contributed by atoms with E-state index < -0.39 is 11.9 Å². The summed E-state index contributed by atoms with van der Waals surface area (Å²) in [5.41, 5.74) is 2.88. The Hall–Kier alpha value is -4.22. The lowest BCUT2D eigenvalue weighted by Gasteiger charge is -2.15. The van der Waals surface area contributed by atoms with Crippen molar-refractivity contribution in [2.75, 3.05) is 14.2 Å². The standard InChI is InChI=1S/C27H27F3N6O3/c1-5-15-10-17(24-34-20(12-36(24)2)27(28,29)30)8-9-18(15)13-39-25-19(37-3)11-31-23(35-25)21-22(16-6-7-16)32-14-33-26(21)38-4/h8-12,14,16H,5-7,13H2,1-4H3. The van der Waals surface area contributed by atoms with Crippen LogP contribution in [0.4, 0.5) is 13.2 Å². The van der Waals surface area contributed by atoms with Gasteiger partial charge in [-0.1, -0.05) is 19.1 Å². The third kappa shape index (κ3) is 5.36. The second kappa shape index (κ2) is 10.5. The van der Waals surface area contributed by atoms with E-state index in [0.29, 0.717) is 40.9 Å². The van der Waals surface area contributed by atoms with Crippen molar-refractivity contribution in [2.24, 2.45) is 7.05 Å². The van der Waals surface area contributed by atoms with E-state index in [1.807, 2.05) is 19.1 Å². The number of nitrogens with zero attached hydrogens (tertiary/aromatic N) is 6. The van der Waals surface area contributed by atoms with Crippen LogP contribution in [0.15, 0.2) is 36.9 Å². The average Bonchev–Trinajstić information content (AvgIpc) is 3.71. The maximum atomic E-state index is 13.1. The lowest BCUT2D eigenvalue weighted by molar-refractivity contribution is -0.140. The Morgan fingerprint density at radius 1 is 1.00 bits per heavy atom. The molecule has 3 aromatic heterocycles. The van der Waals surface area contributed by atoms with Gasteiger partial charge in [0.2, 0.25) is 5.88 Å². The van der Waals surface area contributed by atoms with Gasteiger partial charge < -0.3 is 18.8 Å². The van der Waals surface area contributed by atoms with Crippen molar-refractivity contribution in [2.45, 2.75) is 44.9 Å². The van der Waals surface area contributed by atoms with Gasteiger partial charge in [0.05, 0.1) is 26.1 Å². The van der Waals surface area contributed by atoms with Crippen LogP contribution in [0.1, 0.15) is 48.2 Å². The highest BCUT2D eigenvalue weighted by atomic mass is 19.4. The zero-order chi connectivity index (χ0) is 27.7. The summed E-state index contributed by atoms with van der Waals surface area (Å²) in [6.45, 7) is 2.12. The number of aryl methyl sites for hydroxylation is 2. The summed E-state index contributed by atoms with van der Waals surface area (Å²) in [5, 5.41) is 0. The van der Waals surface area contributed by atoms with E-state index in [2.05, 4.69) is 24.9 Å². The molecule has 0 bridgehead atoms. The smallest absolute Gasteiger partial charge is 0.434 e. The first kappa shape index (κ1) is 26.4. The Labute approximate surface area is 223 Å². The monoisotopic (exact) mass is 540 g/mol. The predicted molar refractivity (Wildman–Crippen MR) is 135 cm³/mol. The van der Waals surface area contributed by atoms with Gasteiger partial charge in [-0.15, -0.1) is 0 Å². The Bertz CT molecular complexity index is 1500. The summed E-state index contributed by atoms with van der Waals surface area (Å²) in [6.07, 6.45) is 2.17. The molecule has 5 rings (SSSR count). The zero-order valence-corrected chi connectivity index (χ0v) is 21.9. The number of hydrogen-bond donors (Lipinski definition) is 0. The topological polar surface area (TPSA) is 97.1 Å². The van der Waals surface area contributed by atoms with E-state index in [9.17, 15) is 13.2 Å². The second-order valence-electron chi connectivity index (χ2n) is 9.17. The fourth-order valence-electron chi connectivity index (χ4n) is 4.38. The van der Waals surface area contributed by atoms with Gasteiger partial charge in [0.25, 0.3) is 5.88 Å². The quantitative estimate of drug-likeness (QED) is 0.279. The van der Waals surface area contributed by atoms with Crippen molar-refractivity contribution in [1.82, 2.24) is 29.5 Å². The molecule has 0 N–H and O–H groups in total. The van der Waals surface area contributed by atoms with Crippen LogP contribution in [0.3, 0.4) is 0 Å². The molecule has 1 fully saturated rings. The molecule has 3 heterocycles. The minimum absolute atomic E-state index is 0.155. The lowest BCUT2D eigenvalue weighted by atomic mass is 10.0. The van der Waals surface area contributed by atoms with Gasteiger partial charge >= 0.3 is 6.18 Å². The van der Waals surface area contributed by atoms with Crippen molar-refractivity contribution in [3.63, 3.8) is 0 Å². The van der Waals surface area contributed by atoms with Crippen LogP contribution < -0.4 is 14.2 Å². The first-order valence-electron chi connectivity index (χ1n) is 12.4. The van der Waals surface area contributed by atoms with E-state index >= 15 is 0 Å². The summed E-state index contributed by atoms with van der Waals surface area (Å²) >= 11 is 0. The van der Waals surface area contributed by atoms with E-state index in [0.717, 1.165) is 35.9 Å². The number of halogens is 3. The lowest BCUT2D eigenvalue weighted by Crippen LogP contribution is -2.06. The molecule has 0 spiro atoms. The summed E-state index contributed by atoms with van der Waals surface area (Å²) in [4.78, 5) is 21.6. The molecule has 204 valence electrons. The molecular formula is C27H27F3N6O3. The maximum absolute atomic E-state index is 13.1. The molecule has 1 aromatic carbocycles. The summed E-state index contributed by atoms with van der Waals surface area (Å²) in [7, 11) is 4.58. The third-order valence-electron chi connectivity index (χ3n) is 6.54. The Morgan fingerprint density at radius 3 is 2.44 bits per heavy atom. The minimum Gasteiger partial charge on any atom is -0.490 e. The maximum Gasteiger partial charge on any atom is 0.434 e. The molecule has 1 saturated carbocycles. The molecule has 12 heteroatoms. The number of ether oxygens (including phenoxy) is 3. The van der Waals surface area contributed by atoms with E-state index in [1.165, 1.54) is 31.3 Å². The first-order valence-corrected chi connectivity index (χ1v) is 12.4. The minimum atomic E-state index is -4.51. The van der Waals surface area contributed by atoms with Crippen LogP contribution in [0.2, 0.25) is 0 Å². The number of aromatic nitrogens is 6. The Morgan fingerprint density at radius 2 is 1.79 bits per heavy atom. The Balaban J connectivity index is 1.43. The van der Waals surface area contributed by atoms with Crippen LogP contribution in [0.5, 0.6) is 17.5 Å². The molecule has 0 aliphatic heterocycles. The number of methoxy groups -OCH3 is 2. The normalized spacial score (nSPS) is 13.4. The highest BCUT2D eigenvalue weighted by Gasteiger charge is 2.35. The van der Waals surface area contributed by atoms with Crippen molar-refractivity contribution in [3.05, 3.63) is 59.4 Å². The summed E-state index contributed by atoms with van der Waals surface area (Å²) in [6, 6.07) is 5.39. The van der Waals surface area contributed by atoms with Crippen LogP contribution >= 0.6 is 0 Å². The van der Waals surface area contributed by atoms with Gasteiger partial charge in [-0.3, -0.25) is 0 Å². The largest absolute Gasteiger partial charge is 0.490 e. The number of benzene rings is 1. The van der Waals surface area contributed by atoms with Crippen LogP contribution in [-0.4, -0.2) is 43.7 Å². The van der Waals surface area contributed by atoms with Crippen LogP contribution in [-0.2, 0) is 26.3 Å². The SMILES string of the molecule is CCc1cc(-c2nc(C(F)(F)F)cn2C)ccc1COc1nc(-c2c(OC)ncnc2C2CC2)ncc1OC. The zero-order valence-electron chi connectivity index (χ0n) is 21.9. The van der Waals surface area contributed by atoms with Crippen molar-refractivity contribution in [1.29, 1.82) is 0 Å². The van der Waals surface area contributed by atoms with Gasteiger partial charge in [0, 0.05) is 24.7 Å².